The van der Waals surface area contributed by atoms with Gasteiger partial charge in [-0.05, 0) is 61.6 Å². The number of nitrogens with zero attached hydrogens (tertiary/aromatic N) is 3. The molecule has 27 heavy (non-hydrogen) atoms. The van der Waals surface area contributed by atoms with Gasteiger partial charge in [0.2, 0.25) is 11.8 Å². The quantitative estimate of drug-likeness (QED) is 0.602. The number of benzene rings is 1. The molecule has 0 radical (unpaired) electrons. The molecule has 3 aromatic rings. The minimum absolute atomic E-state index is 0.133. The molecule has 4 rings (SSSR count). The van der Waals surface area contributed by atoms with Crippen LogP contribution in [0.3, 0.4) is 0 Å². The van der Waals surface area contributed by atoms with Crippen LogP contribution in [0.1, 0.15) is 35.0 Å². The van der Waals surface area contributed by atoms with Crippen LogP contribution in [-0.2, 0) is 0 Å². The number of piperidine rings is 1. The standard InChI is InChI=1S/C20H21N3O3S/c1-25-17-4-2-14(3-5-17)18(24)12-23-9-6-15(7-10-23)19-21-22-20(26-19)16-8-11-27-13-16/h2-5,8,11,13,15H,6-7,9-10,12H2,1H3. The maximum atomic E-state index is 12.5. The lowest BCUT2D eigenvalue weighted by molar-refractivity contribution is 0.0906. The third-order valence-corrected chi connectivity index (χ3v) is 5.61. The van der Waals surface area contributed by atoms with Crippen LogP contribution in [0, 0.1) is 0 Å². The smallest absolute Gasteiger partial charge is 0.248 e. The topological polar surface area (TPSA) is 68.5 Å². The highest BCUT2D eigenvalue weighted by molar-refractivity contribution is 7.08. The molecule has 1 fully saturated rings. The van der Waals surface area contributed by atoms with E-state index < -0.39 is 0 Å². The Bertz CT molecular complexity index is 882. The van der Waals surface area contributed by atoms with Crippen LogP contribution in [0.2, 0.25) is 0 Å². The lowest BCUT2D eigenvalue weighted by atomic mass is 9.96. The van der Waals surface area contributed by atoms with E-state index in [0.717, 1.165) is 42.8 Å². The number of Topliss-reactive ketones (excluding diaryl/α,β-unsaturated/α-hetero) is 1. The summed E-state index contributed by atoms with van der Waals surface area (Å²) in [5, 5.41) is 12.4. The summed E-state index contributed by atoms with van der Waals surface area (Å²) >= 11 is 1.61. The van der Waals surface area contributed by atoms with Crippen molar-refractivity contribution in [2.75, 3.05) is 26.7 Å². The Kier molecular flexibility index (Phi) is 5.31. The van der Waals surface area contributed by atoms with Gasteiger partial charge in [0.15, 0.2) is 5.78 Å². The van der Waals surface area contributed by atoms with Crippen molar-refractivity contribution >= 4 is 17.1 Å². The van der Waals surface area contributed by atoms with Crippen LogP contribution >= 0.6 is 11.3 Å². The lowest BCUT2D eigenvalue weighted by Crippen LogP contribution is -2.36. The molecule has 7 heteroatoms. The molecule has 0 saturated carbocycles. The lowest BCUT2D eigenvalue weighted by Gasteiger charge is -2.29. The van der Waals surface area contributed by atoms with Crippen molar-refractivity contribution in [2.24, 2.45) is 0 Å². The second kappa shape index (κ2) is 8.02. The molecule has 1 saturated heterocycles. The molecular weight excluding hydrogens is 362 g/mol. The Morgan fingerprint density at radius 2 is 2.00 bits per heavy atom. The van der Waals surface area contributed by atoms with E-state index in [-0.39, 0.29) is 11.7 Å². The number of ketones is 1. The Morgan fingerprint density at radius 1 is 1.22 bits per heavy atom. The Balaban J connectivity index is 1.31. The average Bonchev–Trinajstić information content (AvgIpc) is 3.40. The maximum absolute atomic E-state index is 12.5. The normalized spacial score (nSPS) is 15.7. The minimum Gasteiger partial charge on any atom is -0.497 e. The van der Waals surface area contributed by atoms with Gasteiger partial charge in [0.05, 0.1) is 13.7 Å². The third-order valence-electron chi connectivity index (χ3n) is 4.92. The van der Waals surface area contributed by atoms with E-state index in [1.54, 1.807) is 18.4 Å². The summed E-state index contributed by atoms with van der Waals surface area (Å²) in [5.74, 6) is 2.44. The monoisotopic (exact) mass is 383 g/mol. The second-order valence-electron chi connectivity index (χ2n) is 6.66. The van der Waals surface area contributed by atoms with E-state index in [1.165, 1.54) is 0 Å². The SMILES string of the molecule is COc1ccc(C(=O)CN2CCC(c3nnc(-c4ccsc4)o3)CC2)cc1. The highest BCUT2D eigenvalue weighted by atomic mass is 32.1. The molecule has 0 atom stereocenters. The zero-order chi connectivity index (χ0) is 18.6. The predicted octanol–water partition coefficient (Wildman–Crippen LogP) is 3.87. The molecule has 0 unspecified atom stereocenters. The summed E-state index contributed by atoms with van der Waals surface area (Å²) in [7, 11) is 1.62. The van der Waals surface area contributed by atoms with Gasteiger partial charge in [0.1, 0.15) is 5.75 Å². The van der Waals surface area contributed by atoms with Gasteiger partial charge >= 0.3 is 0 Å². The van der Waals surface area contributed by atoms with Gasteiger partial charge in [-0.25, -0.2) is 0 Å². The Morgan fingerprint density at radius 3 is 2.67 bits per heavy atom. The number of carbonyl (C=O) groups is 1. The summed E-state index contributed by atoms with van der Waals surface area (Å²) in [6, 6.07) is 9.26. The summed E-state index contributed by atoms with van der Waals surface area (Å²) < 4.78 is 11.0. The van der Waals surface area contributed by atoms with Crippen LogP contribution in [0.4, 0.5) is 0 Å². The van der Waals surface area contributed by atoms with E-state index in [4.69, 9.17) is 9.15 Å². The van der Waals surface area contributed by atoms with Crippen LogP contribution in [0.15, 0.2) is 45.5 Å². The minimum atomic E-state index is 0.133. The number of hydrogen-bond acceptors (Lipinski definition) is 7. The fourth-order valence-electron chi connectivity index (χ4n) is 3.31. The number of ether oxygens (including phenoxy) is 1. The van der Waals surface area contributed by atoms with Gasteiger partial charge < -0.3 is 9.15 Å². The number of methoxy groups -OCH3 is 1. The van der Waals surface area contributed by atoms with Crippen molar-refractivity contribution in [3.63, 3.8) is 0 Å². The van der Waals surface area contributed by atoms with Crippen LogP contribution in [0.5, 0.6) is 5.75 Å². The fourth-order valence-corrected chi connectivity index (χ4v) is 3.94. The zero-order valence-electron chi connectivity index (χ0n) is 15.1. The highest BCUT2D eigenvalue weighted by Gasteiger charge is 2.26. The fraction of sp³-hybridized carbons (Fsp3) is 0.350. The van der Waals surface area contributed by atoms with Gasteiger partial charge in [-0.1, -0.05) is 0 Å². The summed E-state index contributed by atoms with van der Waals surface area (Å²) in [6.07, 6.45) is 1.84. The van der Waals surface area contributed by atoms with Crippen molar-refractivity contribution in [1.82, 2.24) is 15.1 Å². The molecule has 1 aromatic carbocycles. The predicted molar refractivity (Wildman–Crippen MR) is 103 cm³/mol. The van der Waals surface area contributed by atoms with E-state index in [1.807, 2.05) is 41.1 Å². The largest absolute Gasteiger partial charge is 0.497 e. The van der Waals surface area contributed by atoms with Gasteiger partial charge in [-0.15, -0.1) is 10.2 Å². The molecule has 0 bridgehead atoms. The highest BCUT2D eigenvalue weighted by Crippen LogP contribution is 2.30. The molecule has 1 aliphatic heterocycles. The third kappa shape index (κ3) is 4.09. The summed E-state index contributed by atoms with van der Waals surface area (Å²) in [6.45, 7) is 2.13. The van der Waals surface area contributed by atoms with E-state index in [2.05, 4.69) is 15.1 Å². The molecule has 1 aliphatic rings. The number of rotatable bonds is 6. The molecule has 3 heterocycles. The van der Waals surface area contributed by atoms with Gasteiger partial charge in [-0.3, -0.25) is 9.69 Å². The molecule has 2 aromatic heterocycles. The van der Waals surface area contributed by atoms with Gasteiger partial charge in [0, 0.05) is 22.4 Å². The first kappa shape index (κ1) is 17.9. The van der Waals surface area contributed by atoms with Crippen molar-refractivity contribution in [1.29, 1.82) is 0 Å². The van der Waals surface area contributed by atoms with E-state index in [9.17, 15) is 4.79 Å². The Hall–Kier alpha value is -2.51. The van der Waals surface area contributed by atoms with Gasteiger partial charge in [0.25, 0.3) is 0 Å². The van der Waals surface area contributed by atoms with E-state index >= 15 is 0 Å². The van der Waals surface area contributed by atoms with E-state index in [0.29, 0.717) is 18.3 Å². The molecule has 0 amide bonds. The summed E-state index contributed by atoms with van der Waals surface area (Å²) in [5.41, 5.74) is 1.69. The van der Waals surface area contributed by atoms with Crippen molar-refractivity contribution < 1.29 is 13.9 Å². The summed E-state index contributed by atoms with van der Waals surface area (Å²) in [4.78, 5) is 14.7. The first-order chi connectivity index (χ1) is 13.2. The number of aromatic nitrogens is 2. The maximum Gasteiger partial charge on any atom is 0.248 e. The van der Waals surface area contributed by atoms with Gasteiger partial charge in [-0.2, -0.15) is 11.3 Å². The van der Waals surface area contributed by atoms with Crippen LogP contribution < -0.4 is 4.74 Å². The number of thiophene rings is 1. The average molecular weight is 383 g/mol. The first-order valence-electron chi connectivity index (χ1n) is 8.98. The first-order valence-corrected chi connectivity index (χ1v) is 9.93. The van der Waals surface area contributed by atoms with Crippen molar-refractivity contribution in [3.8, 4) is 17.2 Å². The molecule has 0 N–H and O–H groups in total. The zero-order valence-corrected chi connectivity index (χ0v) is 15.9. The number of likely N-dealkylation sites (tertiary alicyclic amines) is 1. The Labute approximate surface area is 161 Å². The molecule has 140 valence electrons. The molecular formula is C20H21N3O3S. The van der Waals surface area contributed by atoms with Crippen molar-refractivity contribution in [2.45, 2.75) is 18.8 Å². The second-order valence-corrected chi connectivity index (χ2v) is 7.44. The van der Waals surface area contributed by atoms with Crippen LogP contribution in [-0.4, -0.2) is 47.6 Å². The molecule has 0 aliphatic carbocycles. The molecule has 0 spiro atoms. The van der Waals surface area contributed by atoms with Crippen molar-refractivity contribution in [3.05, 3.63) is 52.5 Å². The molecule has 6 nitrogen and oxygen atoms in total. The van der Waals surface area contributed by atoms with Crippen LogP contribution in [0.25, 0.3) is 11.5 Å². The number of carbonyl (C=O) groups excluding carboxylic acids is 1. The number of hydrogen-bond donors (Lipinski definition) is 0.